The van der Waals surface area contributed by atoms with Crippen LogP contribution in [0.2, 0.25) is 0 Å². The first kappa shape index (κ1) is 12.9. The predicted molar refractivity (Wildman–Crippen MR) is 74.8 cm³/mol. The zero-order chi connectivity index (χ0) is 12.3. The number of ether oxygens (including phenoxy) is 1. The topological polar surface area (TPSA) is 24.5 Å². The van der Waals surface area contributed by atoms with Crippen LogP contribution in [-0.2, 0) is 4.74 Å². The summed E-state index contributed by atoms with van der Waals surface area (Å²) in [6.45, 7) is 5.61. The fraction of sp³-hybridized carbons (Fsp3) is 0.538. The van der Waals surface area contributed by atoms with Crippen LogP contribution in [0.3, 0.4) is 0 Å². The number of benzene rings is 1. The summed E-state index contributed by atoms with van der Waals surface area (Å²) in [5, 5.41) is 3.23. The van der Waals surface area contributed by atoms with Gasteiger partial charge in [-0.2, -0.15) is 0 Å². The van der Waals surface area contributed by atoms with Gasteiger partial charge in [0.2, 0.25) is 0 Å². The molecule has 0 saturated carbocycles. The zero-order valence-electron chi connectivity index (χ0n) is 10.4. The largest absolute Gasteiger partial charge is 0.377 e. The molecule has 1 N–H and O–H groups in total. The predicted octanol–water partition coefficient (Wildman–Crippen LogP) is 2.18. The molecule has 1 fully saturated rings. The fourth-order valence-corrected chi connectivity index (χ4v) is 2.94. The Morgan fingerprint density at radius 1 is 1.53 bits per heavy atom. The summed E-state index contributed by atoms with van der Waals surface area (Å²) in [5.41, 5.74) is 2.54. The maximum absolute atomic E-state index is 5.55. The lowest BCUT2D eigenvalue weighted by Crippen LogP contribution is -2.50. The second-order valence-electron chi connectivity index (χ2n) is 4.43. The molecule has 17 heavy (non-hydrogen) atoms. The molecule has 1 aliphatic rings. The molecular formula is C13H19BrN2O. The van der Waals surface area contributed by atoms with Crippen LogP contribution in [0.15, 0.2) is 22.7 Å². The minimum atomic E-state index is 0.410. The SMILES string of the molecule is CNCC1COCCN1c1ccc(C)cc1Br. The van der Waals surface area contributed by atoms with E-state index in [4.69, 9.17) is 4.74 Å². The first-order valence-corrected chi connectivity index (χ1v) is 6.77. The van der Waals surface area contributed by atoms with Crippen molar-refractivity contribution in [2.24, 2.45) is 0 Å². The van der Waals surface area contributed by atoms with Gasteiger partial charge in [0.15, 0.2) is 0 Å². The molecule has 1 saturated heterocycles. The van der Waals surface area contributed by atoms with Crippen molar-refractivity contribution in [2.75, 3.05) is 38.3 Å². The Bertz CT molecular complexity index is 382. The molecule has 0 aromatic heterocycles. The molecule has 1 atom stereocenters. The van der Waals surface area contributed by atoms with E-state index in [2.05, 4.69) is 51.3 Å². The molecule has 0 aliphatic carbocycles. The van der Waals surface area contributed by atoms with Crippen molar-refractivity contribution in [3.8, 4) is 0 Å². The maximum atomic E-state index is 5.55. The third kappa shape index (κ3) is 3.00. The van der Waals surface area contributed by atoms with Gasteiger partial charge >= 0.3 is 0 Å². The maximum Gasteiger partial charge on any atom is 0.0683 e. The van der Waals surface area contributed by atoms with Crippen LogP contribution >= 0.6 is 15.9 Å². The Balaban J connectivity index is 2.23. The van der Waals surface area contributed by atoms with Crippen LogP contribution in [-0.4, -0.2) is 39.4 Å². The zero-order valence-corrected chi connectivity index (χ0v) is 12.0. The highest BCUT2D eigenvalue weighted by Gasteiger charge is 2.23. The Labute approximate surface area is 111 Å². The average molecular weight is 299 g/mol. The van der Waals surface area contributed by atoms with Crippen molar-refractivity contribution in [1.82, 2.24) is 5.32 Å². The third-order valence-corrected chi connectivity index (χ3v) is 3.72. The summed E-state index contributed by atoms with van der Waals surface area (Å²) in [7, 11) is 1.98. The van der Waals surface area contributed by atoms with E-state index < -0.39 is 0 Å². The minimum absolute atomic E-state index is 0.410. The van der Waals surface area contributed by atoms with Gasteiger partial charge in [0, 0.05) is 17.6 Å². The van der Waals surface area contributed by atoms with E-state index in [1.165, 1.54) is 15.7 Å². The Morgan fingerprint density at radius 2 is 2.35 bits per heavy atom. The van der Waals surface area contributed by atoms with E-state index in [1.54, 1.807) is 0 Å². The van der Waals surface area contributed by atoms with Crippen LogP contribution in [0.4, 0.5) is 5.69 Å². The number of hydrogen-bond donors (Lipinski definition) is 1. The molecule has 0 spiro atoms. The molecule has 1 heterocycles. The monoisotopic (exact) mass is 298 g/mol. The van der Waals surface area contributed by atoms with Gasteiger partial charge in [0.1, 0.15) is 0 Å². The smallest absolute Gasteiger partial charge is 0.0683 e. The van der Waals surface area contributed by atoms with Crippen molar-refractivity contribution in [2.45, 2.75) is 13.0 Å². The highest BCUT2D eigenvalue weighted by atomic mass is 79.9. The molecule has 0 radical (unpaired) electrons. The van der Waals surface area contributed by atoms with Crippen LogP contribution in [0, 0.1) is 6.92 Å². The molecule has 1 aliphatic heterocycles. The van der Waals surface area contributed by atoms with Crippen LogP contribution in [0.25, 0.3) is 0 Å². The van der Waals surface area contributed by atoms with Crippen LogP contribution in [0.1, 0.15) is 5.56 Å². The Hall–Kier alpha value is -0.580. The van der Waals surface area contributed by atoms with Gasteiger partial charge in [-0.25, -0.2) is 0 Å². The Kier molecular flexibility index (Phi) is 4.42. The van der Waals surface area contributed by atoms with Gasteiger partial charge in [-0.3, -0.25) is 0 Å². The lowest BCUT2D eigenvalue weighted by atomic mass is 10.1. The van der Waals surface area contributed by atoms with Crippen molar-refractivity contribution in [3.05, 3.63) is 28.2 Å². The number of likely N-dealkylation sites (N-methyl/N-ethyl adjacent to an activating group) is 1. The van der Waals surface area contributed by atoms with Gasteiger partial charge in [0.05, 0.1) is 24.9 Å². The molecule has 94 valence electrons. The van der Waals surface area contributed by atoms with Gasteiger partial charge in [-0.15, -0.1) is 0 Å². The normalized spacial score (nSPS) is 20.6. The standard InChI is InChI=1S/C13H19BrN2O/c1-10-3-4-13(12(14)7-10)16-5-6-17-9-11(16)8-15-2/h3-4,7,11,15H,5-6,8-9H2,1-2H3. The summed E-state index contributed by atoms with van der Waals surface area (Å²) in [5.74, 6) is 0. The van der Waals surface area contributed by atoms with Gasteiger partial charge in [-0.05, 0) is 47.6 Å². The van der Waals surface area contributed by atoms with Gasteiger partial charge in [-0.1, -0.05) is 6.07 Å². The van der Waals surface area contributed by atoms with E-state index in [9.17, 15) is 0 Å². The average Bonchev–Trinajstić information content (AvgIpc) is 2.31. The number of nitrogens with one attached hydrogen (secondary N) is 1. The van der Waals surface area contributed by atoms with E-state index in [-0.39, 0.29) is 0 Å². The first-order chi connectivity index (χ1) is 8.22. The lowest BCUT2D eigenvalue weighted by molar-refractivity contribution is 0.0943. The van der Waals surface area contributed by atoms with E-state index in [0.717, 1.165) is 26.3 Å². The number of anilines is 1. The van der Waals surface area contributed by atoms with Crippen molar-refractivity contribution in [1.29, 1.82) is 0 Å². The van der Waals surface area contributed by atoms with Gasteiger partial charge < -0.3 is 15.0 Å². The number of morpholine rings is 1. The highest BCUT2D eigenvalue weighted by molar-refractivity contribution is 9.10. The van der Waals surface area contributed by atoms with Crippen molar-refractivity contribution in [3.63, 3.8) is 0 Å². The Morgan fingerprint density at radius 3 is 3.06 bits per heavy atom. The second-order valence-corrected chi connectivity index (χ2v) is 5.29. The van der Waals surface area contributed by atoms with Crippen LogP contribution < -0.4 is 10.2 Å². The molecule has 3 nitrogen and oxygen atoms in total. The van der Waals surface area contributed by atoms with Crippen molar-refractivity contribution >= 4 is 21.6 Å². The van der Waals surface area contributed by atoms with Crippen molar-refractivity contribution < 1.29 is 4.74 Å². The number of nitrogens with zero attached hydrogens (tertiary/aromatic N) is 1. The summed E-state index contributed by atoms with van der Waals surface area (Å²) < 4.78 is 6.72. The van der Waals surface area contributed by atoms with E-state index in [1.807, 2.05) is 7.05 Å². The quantitative estimate of drug-likeness (QED) is 0.926. The third-order valence-electron chi connectivity index (χ3n) is 3.08. The summed E-state index contributed by atoms with van der Waals surface area (Å²) >= 11 is 3.66. The van der Waals surface area contributed by atoms with E-state index in [0.29, 0.717) is 6.04 Å². The number of halogens is 1. The molecule has 4 heteroatoms. The molecule has 1 unspecified atom stereocenters. The summed E-state index contributed by atoms with van der Waals surface area (Å²) in [6.07, 6.45) is 0. The molecule has 1 aromatic rings. The van der Waals surface area contributed by atoms with Gasteiger partial charge in [0.25, 0.3) is 0 Å². The molecule has 1 aromatic carbocycles. The molecule has 0 bridgehead atoms. The van der Waals surface area contributed by atoms with Crippen LogP contribution in [0.5, 0.6) is 0 Å². The second kappa shape index (κ2) is 5.85. The molecule has 2 rings (SSSR count). The highest BCUT2D eigenvalue weighted by Crippen LogP contribution is 2.29. The number of hydrogen-bond acceptors (Lipinski definition) is 3. The minimum Gasteiger partial charge on any atom is -0.377 e. The molecular weight excluding hydrogens is 280 g/mol. The lowest BCUT2D eigenvalue weighted by Gasteiger charge is -2.38. The number of rotatable bonds is 3. The fourth-order valence-electron chi connectivity index (χ4n) is 2.22. The summed E-state index contributed by atoms with van der Waals surface area (Å²) in [4.78, 5) is 2.42. The molecule has 0 amide bonds. The first-order valence-electron chi connectivity index (χ1n) is 5.97. The van der Waals surface area contributed by atoms with E-state index >= 15 is 0 Å². The number of aryl methyl sites for hydroxylation is 1. The summed E-state index contributed by atoms with van der Waals surface area (Å²) in [6, 6.07) is 6.92.